The van der Waals surface area contributed by atoms with Crippen LogP contribution in [0.15, 0.2) is 24.3 Å². The maximum Gasteiger partial charge on any atom is 0.393 e. The van der Waals surface area contributed by atoms with Gasteiger partial charge in [0.1, 0.15) is 0 Å². The van der Waals surface area contributed by atoms with Crippen molar-refractivity contribution in [1.82, 2.24) is 4.90 Å². The Morgan fingerprint density at radius 2 is 1.74 bits per heavy atom. The number of aliphatic carboxylic acids is 1. The Hall–Kier alpha value is -2.13. The van der Waals surface area contributed by atoms with Crippen LogP contribution < -0.4 is 5.32 Å². The second-order valence-corrected chi connectivity index (χ2v) is 6.35. The standard InChI is InChI=1S/C17H19F3N2O4.ClH/c1-9(15(24)21-12-5-3-11(4-6-12)10(2)23)22-7-13(16(25)26)14(8-22)17(18,19)20;/h3-6,9,13-14H,7-8H2,1-2H3,(H,21,24)(H,25,26);1H/t9?,13-,14-;/m1./s1. The van der Waals surface area contributed by atoms with E-state index in [9.17, 15) is 27.6 Å². The minimum atomic E-state index is -4.64. The molecular formula is C17H20ClF3N2O4. The van der Waals surface area contributed by atoms with Gasteiger partial charge in [-0.1, -0.05) is 0 Å². The molecule has 1 aromatic carbocycles. The Morgan fingerprint density at radius 1 is 1.19 bits per heavy atom. The van der Waals surface area contributed by atoms with Gasteiger partial charge in [0.2, 0.25) is 5.91 Å². The predicted octanol–water partition coefficient (Wildman–Crippen LogP) is 2.83. The highest BCUT2D eigenvalue weighted by Gasteiger charge is 2.53. The van der Waals surface area contributed by atoms with Crippen molar-refractivity contribution >= 4 is 35.8 Å². The van der Waals surface area contributed by atoms with Crippen LogP contribution in [0.5, 0.6) is 0 Å². The van der Waals surface area contributed by atoms with Gasteiger partial charge < -0.3 is 10.4 Å². The number of carboxylic acid groups (broad SMARTS) is 1. The van der Waals surface area contributed by atoms with Crippen LogP contribution in [0.1, 0.15) is 24.2 Å². The van der Waals surface area contributed by atoms with Crippen LogP contribution >= 0.6 is 12.4 Å². The van der Waals surface area contributed by atoms with Crippen LogP contribution in [0.3, 0.4) is 0 Å². The zero-order valence-electron chi connectivity index (χ0n) is 14.6. The van der Waals surface area contributed by atoms with Gasteiger partial charge >= 0.3 is 12.1 Å². The first-order valence-electron chi connectivity index (χ1n) is 7.96. The number of rotatable bonds is 5. The topological polar surface area (TPSA) is 86.7 Å². The molecule has 1 aliphatic rings. The molecule has 150 valence electrons. The van der Waals surface area contributed by atoms with E-state index in [-0.39, 0.29) is 24.7 Å². The Morgan fingerprint density at radius 3 is 2.15 bits per heavy atom. The number of ketones is 1. The molecule has 0 saturated carbocycles. The summed E-state index contributed by atoms with van der Waals surface area (Å²) in [7, 11) is 0. The van der Waals surface area contributed by atoms with Gasteiger partial charge in [-0.05, 0) is 38.1 Å². The van der Waals surface area contributed by atoms with E-state index >= 15 is 0 Å². The van der Waals surface area contributed by atoms with Crippen LogP contribution in [-0.2, 0) is 9.59 Å². The molecule has 3 atom stereocenters. The summed E-state index contributed by atoms with van der Waals surface area (Å²) in [5, 5.41) is 11.6. The Balaban J connectivity index is 0.00000364. The van der Waals surface area contributed by atoms with Crippen molar-refractivity contribution in [3.63, 3.8) is 0 Å². The first-order valence-corrected chi connectivity index (χ1v) is 7.96. The number of hydrogen-bond acceptors (Lipinski definition) is 4. The van der Waals surface area contributed by atoms with Crippen molar-refractivity contribution in [2.75, 3.05) is 18.4 Å². The number of anilines is 1. The first kappa shape index (κ1) is 22.9. The number of hydrogen-bond donors (Lipinski definition) is 2. The van der Waals surface area contributed by atoms with Crippen molar-refractivity contribution in [2.24, 2.45) is 11.8 Å². The summed E-state index contributed by atoms with van der Waals surface area (Å²) in [5.41, 5.74) is 0.862. The smallest absolute Gasteiger partial charge is 0.393 e. The molecular weight excluding hydrogens is 389 g/mol. The van der Waals surface area contributed by atoms with E-state index in [2.05, 4.69) is 5.32 Å². The maximum atomic E-state index is 13.0. The molecule has 1 heterocycles. The summed E-state index contributed by atoms with van der Waals surface area (Å²) in [6.45, 7) is 1.94. The lowest BCUT2D eigenvalue weighted by molar-refractivity contribution is -0.188. The highest BCUT2D eigenvalue weighted by atomic mass is 35.5. The summed E-state index contributed by atoms with van der Waals surface area (Å²) in [5.74, 6) is -5.81. The van der Waals surface area contributed by atoms with E-state index in [0.29, 0.717) is 11.3 Å². The highest BCUT2D eigenvalue weighted by molar-refractivity contribution is 5.97. The van der Waals surface area contributed by atoms with Gasteiger partial charge in [0.15, 0.2) is 5.78 Å². The van der Waals surface area contributed by atoms with E-state index in [1.165, 1.54) is 43.0 Å². The molecule has 27 heavy (non-hydrogen) atoms. The van der Waals surface area contributed by atoms with Gasteiger partial charge in [0.25, 0.3) is 0 Å². The third-order valence-corrected chi connectivity index (χ3v) is 4.57. The van der Waals surface area contributed by atoms with Crippen molar-refractivity contribution in [3.05, 3.63) is 29.8 Å². The number of nitrogens with one attached hydrogen (secondary N) is 1. The van der Waals surface area contributed by atoms with Gasteiger partial charge in [-0.15, -0.1) is 12.4 Å². The van der Waals surface area contributed by atoms with Gasteiger partial charge in [-0.3, -0.25) is 19.3 Å². The summed E-state index contributed by atoms with van der Waals surface area (Å²) in [6.07, 6.45) is -4.64. The Kier molecular flexibility index (Phi) is 7.39. The number of halogens is 4. The fourth-order valence-corrected chi connectivity index (χ4v) is 2.93. The number of alkyl halides is 3. The molecule has 1 fully saturated rings. The van der Waals surface area contributed by atoms with Crippen molar-refractivity contribution < 1.29 is 32.7 Å². The lowest BCUT2D eigenvalue weighted by atomic mass is 9.96. The Labute approximate surface area is 160 Å². The first-order chi connectivity index (χ1) is 12.0. The molecule has 1 saturated heterocycles. The number of carboxylic acids is 1. The number of carbonyl (C=O) groups excluding carboxylic acids is 2. The number of Topliss-reactive ketones (excluding diaryl/α,β-unsaturated/α-hetero) is 1. The molecule has 0 bridgehead atoms. The third kappa shape index (κ3) is 5.43. The number of likely N-dealkylation sites (tertiary alicyclic amines) is 1. The van der Waals surface area contributed by atoms with Crippen molar-refractivity contribution in [3.8, 4) is 0 Å². The van der Waals surface area contributed by atoms with Crippen LogP contribution in [0.4, 0.5) is 18.9 Å². The minimum absolute atomic E-state index is 0. The number of carbonyl (C=O) groups is 3. The zero-order valence-corrected chi connectivity index (χ0v) is 15.4. The molecule has 0 aromatic heterocycles. The van der Waals surface area contributed by atoms with E-state index in [1.54, 1.807) is 0 Å². The van der Waals surface area contributed by atoms with Crippen molar-refractivity contribution in [1.29, 1.82) is 0 Å². The maximum absolute atomic E-state index is 13.0. The van der Waals surface area contributed by atoms with Crippen LogP contribution in [0.25, 0.3) is 0 Å². The SMILES string of the molecule is CC(=O)c1ccc(NC(=O)C(C)N2C[C@@H](C(F)(F)F)[C@H](C(=O)O)C2)cc1.Cl. The lowest BCUT2D eigenvalue weighted by Crippen LogP contribution is -2.41. The lowest BCUT2D eigenvalue weighted by Gasteiger charge is -2.23. The molecule has 2 N–H and O–H groups in total. The monoisotopic (exact) mass is 408 g/mol. The molecule has 6 nitrogen and oxygen atoms in total. The van der Waals surface area contributed by atoms with Gasteiger partial charge in [0.05, 0.1) is 17.9 Å². The number of amides is 1. The average molecular weight is 409 g/mol. The zero-order chi connectivity index (χ0) is 19.6. The molecule has 1 unspecified atom stereocenters. The average Bonchev–Trinajstić information content (AvgIpc) is 3.00. The van der Waals surface area contributed by atoms with E-state index in [0.717, 1.165) is 0 Å². The van der Waals surface area contributed by atoms with E-state index < -0.39 is 42.5 Å². The number of benzene rings is 1. The molecule has 1 aromatic rings. The molecule has 10 heteroatoms. The largest absolute Gasteiger partial charge is 0.481 e. The molecule has 0 radical (unpaired) electrons. The summed E-state index contributed by atoms with van der Waals surface area (Å²) in [4.78, 5) is 35.9. The molecule has 1 amide bonds. The highest BCUT2D eigenvalue weighted by Crippen LogP contribution is 2.38. The van der Waals surface area contributed by atoms with Crippen LogP contribution in [-0.4, -0.2) is 53.0 Å². The second kappa shape index (κ2) is 8.71. The van der Waals surface area contributed by atoms with Crippen molar-refractivity contribution in [2.45, 2.75) is 26.1 Å². The van der Waals surface area contributed by atoms with Crippen LogP contribution in [0.2, 0.25) is 0 Å². The number of nitrogens with zero attached hydrogens (tertiary/aromatic N) is 1. The summed E-state index contributed by atoms with van der Waals surface area (Å²) >= 11 is 0. The molecule has 2 rings (SSSR count). The Bertz CT molecular complexity index is 709. The fourth-order valence-electron chi connectivity index (χ4n) is 2.93. The fraction of sp³-hybridized carbons (Fsp3) is 0.471. The quantitative estimate of drug-likeness (QED) is 0.732. The van der Waals surface area contributed by atoms with Crippen LogP contribution in [0, 0.1) is 11.8 Å². The molecule has 0 spiro atoms. The van der Waals surface area contributed by atoms with Gasteiger partial charge in [-0.25, -0.2) is 0 Å². The van der Waals surface area contributed by atoms with E-state index in [1.807, 2.05) is 0 Å². The van der Waals surface area contributed by atoms with Gasteiger partial charge in [-0.2, -0.15) is 13.2 Å². The summed E-state index contributed by atoms with van der Waals surface area (Å²) < 4.78 is 39.1. The summed E-state index contributed by atoms with van der Waals surface area (Å²) in [6, 6.07) is 5.15. The minimum Gasteiger partial charge on any atom is -0.481 e. The second-order valence-electron chi connectivity index (χ2n) is 6.35. The van der Waals surface area contributed by atoms with E-state index in [4.69, 9.17) is 5.11 Å². The molecule has 1 aliphatic heterocycles. The third-order valence-electron chi connectivity index (χ3n) is 4.57. The molecule has 0 aliphatic carbocycles. The normalized spacial score (nSPS) is 21.2. The predicted molar refractivity (Wildman–Crippen MR) is 94.0 cm³/mol. The van der Waals surface area contributed by atoms with Gasteiger partial charge in [0, 0.05) is 24.3 Å².